The molecule has 1 aliphatic rings. The molecule has 1 fully saturated rings. The van der Waals surface area contributed by atoms with E-state index in [0.29, 0.717) is 6.61 Å². The second-order valence-electron chi connectivity index (χ2n) is 4.87. The van der Waals surface area contributed by atoms with Crippen LogP contribution in [0.25, 0.3) is 11.0 Å². The van der Waals surface area contributed by atoms with Gasteiger partial charge in [-0.2, -0.15) is 0 Å². The number of ether oxygens (including phenoxy) is 2. The van der Waals surface area contributed by atoms with Gasteiger partial charge in [-0.25, -0.2) is 0 Å². The minimum Gasteiger partial charge on any atom is -0.378 e. The minimum absolute atomic E-state index is 0.254. The van der Waals surface area contributed by atoms with E-state index in [1.54, 1.807) is 7.11 Å². The van der Waals surface area contributed by atoms with Gasteiger partial charge in [-0.1, -0.05) is 0 Å². The molecule has 6 heteroatoms. The summed E-state index contributed by atoms with van der Waals surface area (Å²) in [7, 11) is 1.75. The summed E-state index contributed by atoms with van der Waals surface area (Å²) < 4.78 is 15.2. The topological polar surface area (TPSA) is 39.2 Å². The summed E-state index contributed by atoms with van der Waals surface area (Å²) in [5, 5.41) is 0. The number of halogens is 1. The fourth-order valence-corrected chi connectivity index (χ4v) is 3.28. The van der Waals surface area contributed by atoms with Crippen molar-refractivity contribution in [2.24, 2.45) is 0 Å². The summed E-state index contributed by atoms with van der Waals surface area (Å²) >= 11 is 7.74. The largest absolute Gasteiger partial charge is 0.378 e. The lowest BCUT2D eigenvalue weighted by Gasteiger charge is -2.26. The summed E-state index contributed by atoms with van der Waals surface area (Å²) in [5.41, 5.74) is 1.94. The van der Waals surface area contributed by atoms with E-state index in [-0.39, 0.29) is 5.60 Å². The molecule has 1 unspecified atom stereocenters. The highest BCUT2D eigenvalue weighted by atomic mass is 127. The Hall–Kier alpha value is -0.440. The first kappa shape index (κ1) is 13.5. The standard InChI is InChI=1S/C13H15IN2O2S/c1-17-13(4-5-18-8-13)7-16-11-3-2-9(14)6-10(11)15-12(16)19/h2-3,6H,4-5,7-8H2,1H3,(H,15,19). The molecule has 1 atom stereocenters. The van der Waals surface area contributed by atoms with Gasteiger partial charge in [0, 0.05) is 23.7 Å². The highest BCUT2D eigenvalue weighted by molar-refractivity contribution is 14.1. The number of aromatic amines is 1. The van der Waals surface area contributed by atoms with E-state index in [1.807, 2.05) is 0 Å². The van der Waals surface area contributed by atoms with Gasteiger partial charge >= 0.3 is 0 Å². The van der Waals surface area contributed by atoms with Crippen molar-refractivity contribution >= 4 is 45.8 Å². The molecule has 0 bridgehead atoms. The Labute approximate surface area is 130 Å². The lowest BCUT2D eigenvalue weighted by atomic mass is 10.0. The van der Waals surface area contributed by atoms with Crippen LogP contribution in [0.1, 0.15) is 6.42 Å². The SMILES string of the molecule is COC1(Cn2c(=S)[nH]c3cc(I)ccc32)CCOC1. The summed E-state index contributed by atoms with van der Waals surface area (Å²) in [6.45, 7) is 2.10. The second-order valence-corrected chi connectivity index (χ2v) is 6.50. The highest BCUT2D eigenvalue weighted by Crippen LogP contribution is 2.27. The number of methoxy groups -OCH3 is 1. The van der Waals surface area contributed by atoms with E-state index >= 15 is 0 Å². The van der Waals surface area contributed by atoms with Gasteiger partial charge in [0.1, 0.15) is 5.60 Å². The number of benzene rings is 1. The Bertz CT molecular complexity index is 658. The lowest BCUT2D eigenvalue weighted by molar-refractivity contribution is -0.0290. The van der Waals surface area contributed by atoms with Crippen LogP contribution in [0.2, 0.25) is 0 Å². The number of hydrogen-bond donors (Lipinski definition) is 1. The van der Waals surface area contributed by atoms with Crippen molar-refractivity contribution in [2.75, 3.05) is 20.3 Å². The van der Waals surface area contributed by atoms with E-state index in [1.165, 1.54) is 3.57 Å². The average molecular weight is 390 g/mol. The van der Waals surface area contributed by atoms with Gasteiger partial charge in [0.2, 0.25) is 0 Å². The molecule has 1 aromatic heterocycles. The third-order valence-corrected chi connectivity index (χ3v) is 4.68. The van der Waals surface area contributed by atoms with Crippen LogP contribution in [0.4, 0.5) is 0 Å². The number of nitrogens with zero attached hydrogens (tertiary/aromatic N) is 1. The van der Waals surface area contributed by atoms with Crippen molar-refractivity contribution in [1.29, 1.82) is 0 Å². The smallest absolute Gasteiger partial charge is 0.178 e. The van der Waals surface area contributed by atoms with E-state index in [9.17, 15) is 0 Å². The molecule has 1 saturated heterocycles. The van der Waals surface area contributed by atoms with Crippen molar-refractivity contribution in [2.45, 2.75) is 18.6 Å². The van der Waals surface area contributed by atoms with Crippen molar-refractivity contribution in [1.82, 2.24) is 9.55 Å². The normalized spacial score (nSPS) is 23.3. The molecule has 102 valence electrons. The Morgan fingerprint density at radius 2 is 2.42 bits per heavy atom. The van der Waals surface area contributed by atoms with Crippen LogP contribution in [-0.4, -0.2) is 35.5 Å². The maximum absolute atomic E-state index is 5.69. The molecule has 1 aromatic carbocycles. The van der Waals surface area contributed by atoms with Crippen LogP contribution < -0.4 is 0 Å². The molecule has 2 heterocycles. The summed E-state index contributed by atoms with van der Waals surface area (Å²) in [5.74, 6) is 0. The number of fused-ring (bicyclic) bond motifs is 1. The predicted octanol–water partition coefficient (Wildman–Crippen LogP) is 3.11. The van der Waals surface area contributed by atoms with Crippen LogP contribution in [0.3, 0.4) is 0 Å². The van der Waals surface area contributed by atoms with Crippen molar-refractivity contribution in [3.63, 3.8) is 0 Å². The van der Waals surface area contributed by atoms with Crippen molar-refractivity contribution in [3.8, 4) is 0 Å². The first-order valence-corrected chi connectivity index (χ1v) is 7.63. The molecule has 1 N–H and O–H groups in total. The first-order valence-electron chi connectivity index (χ1n) is 6.14. The first-order chi connectivity index (χ1) is 9.13. The molecule has 3 rings (SSSR count). The van der Waals surface area contributed by atoms with Crippen molar-refractivity contribution < 1.29 is 9.47 Å². The molecule has 0 spiro atoms. The minimum atomic E-state index is -0.254. The zero-order chi connectivity index (χ0) is 13.5. The maximum atomic E-state index is 5.69. The number of nitrogens with one attached hydrogen (secondary N) is 1. The van der Waals surface area contributed by atoms with Crippen molar-refractivity contribution in [3.05, 3.63) is 26.5 Å². The molecule has 19 heavy (non-hydrogen) atoms. The fourth-order valence-electron chi connectivity index (χ4n) is 2.52. The van der Waals surface area contributed by atoms with Crippen LogP contribution >= 0.6 is 34.8 Å². The van der Waals surface area contributed by atoms with Gasteiger partial charge in [0.05, 0.1) is 24.2 Å². The van der Waals surface area contributed by atoms with Gasteiger partial charge in [-0.3, -0.25) is 0 Å². The van der Waals surface area contributed by atoms with E-state index in [0.717, 1.165) is 35.4 Å². The third-order valence-electron chi connectivity index (χ3n) is 3.68. The van der Waals surface area contributed by atoms with Gasteiger partial charge in [-0.15, -0.1) is 0 Å². The number of rotatable bonds is 3. The highest BCUT2D eigenvalue weighted by Gasteiger charge is 2.35. The molecule has 0 radical (unpaired) electrons. The van der Waals surface area contributed by atoms with Gasteiger partial charge < -0.3 is 19.0 Å². The monoisotopic (exact) mass is 390 g/mol. The molecule has 2 aromatic rings. The van der Waals surface area contributed by atoms with Crippen LogP contribution in [-0.2, 0) is 16.0 Å². The Balaban J connectivity index is 2.05. The van der Waals surface area contributed by atoms with Crippen LogP contribution in [0.15, 0.2) is 18.2 Å². The fraction of sp³-hybridized carbons (Fsp3) is 0.462. The van der Waals surface area contributed by atoms with E-state index < -0.39 is 0 Å². The number of H-pyrrole nitrogens is 1. The Morgan fingerprint density at radius 1 is 1.58 bits per heavy atom. The quantitative estimate of drug-likeness (QED) is 0.647. The molecule has 4 nitrogen and oxygen atoms in total. The van der Waals surface area contributed by atoms with E-state index in [2.05, 4.69) is 50.3 Å². The second kappa shape index (κ2) is 5.16. The van der Waals surface area contributed by atoms with Gasteiger partial charge in [-0.05, 0) is 53.0 Å². The number of imidazole rings is 1. The predicted molar refractivity (Wildman–Crippen MR) is 85.0 cm³/mol. The summed E-state index contributed by atoms with van der Waals surface area (Å²) in [4.78, 5) is 3.26. The molecule has 0 aliphatic carbocycles. The molecular formula is C13H15IN2O2S. The average Bonchev–Trinajstić information content (AvgIpc) is 2.96. The number of aromatic nitrogens is 2. The Kier molecular flexibility index (Phi) is 3.67. The zero-order valence-electron chi connectivity index (χ0n) is 10.6. The molecule has 0 saturated carbocycles. The molecule has 0 amide bonds. The van der Waals surface area contributed by atoms with Gasteiger partial charge in [0.25, 0.3) is 0 Å². The lowest BCUT2D eigenvalue weighted by Crippen LogP contribution is -2.37. The maximum Gasteiger partial charge on any atom is 0.178 e. The molecule has 1 aliphatic heterocycles. The summed E-state index contributed by atoms with van der Waals surface area (Å²) in [6, 6.07) is 6.29. The number of hydrogen-bond acceptors (Lipinski definition) is 3. The third kappa shape index (κ3) is 2.46. The van der Waals surface area contributed by atoms with Crippen LogP contribution in [0.5, 0.6) is 0 Å². The zero-order valence-corrected chi connectivity index (χ0v) is 13.6. The molecular weight excluding hydrogens is 375 g/mol. The van der Waals surface area contributed by atoms with E-state index in [4.69, 9.17) is 21.7 Å². The Morgan fingerprint density at radius 3 is 3.11 bits per heavy atom. The van der Waals surface area contributed by atoms with Gasteiger partial charge in [0.15, 0.2) is 4.77 Å². The van der Waals surface area contributed by atoms with Crippen LogP contribution in [0, 0.1) is 8.34 Å². The summed E-state index contributed by atoms with van der Waals surface area (Å²) in [6.07, 6.45) is 0.905.